The van der Waals surface area contributed by atoms with Crippen LogP contribution in [0.3, 0.4) is 0 Å². The molecule has 1 aromatic carbocycles. The lowest BCUT2D eigenvalue weighted by Crippen LogP contribution is -2.12. The van der Waals surface area contributed by atoms with E-state index in [0.29, 0.717) is 11.8 Å². The average molecular weight is 285 g/mol. The molecule has 2 rings (SSSR count). The molecule has 20 heavy (non-hydrogen) atoms. The molecule has 1 N–H and O–H groups in total. The first-order valence-electron chi connectivity index (χ1n) is 5.77. The highest BCUT2D eigenvalue weighted by Crippen LogP contribution is 2.32. The maximum Gasteiger partial charge on any atom is 0.416 e. The third-order valence-electron chi connectivity index (χ3n) is 2.69. The molecule has 1 unspecified atom stereocenters. The van der Waals surface area contributed by atoms with Gasteiger partial charge in [-0.1, -0.05) is 0 Å². The second kappa shape index (κ2) is 5.44. The van der Waals surface area contributed by atoms with Gasteiger partial charge in [-0.15, -0.1) is 0 Å². The summed E-state index contributed by atoms with van der Waals surface area (Å²) in [6, 6.07) is 1.76. The fraction of sp³-hybridized carbons (Fsp3) is 0.231. The van der Waals surface area contributed by atoms with Crippen LogP contribution < -0.4 is 5.32 Å². The topological polar surface area (TPSA) is 37.8 Å². The predicted octanol–water partition coefficient (Wildman–Crippen LogP) is 3.81. The van der Waals surface area contributed by atoms with Crippen molar-refractivity contribution in [1.29, 1.82) is 0 Å². The van der Waals surface area contributed by atoms with Crippen LogP contribution in [0.25, 0.3) is 0 Å². The second-order valence-corrected chi connectivity index (χ2v) is 4.19. The number of rotatable bonds is 3. The van der Waals surface area contributed by atoms with Crippen LogP contribution in [-0.4, -0.2) is 9.97 Å². The van der Waals surface area contributed by atoms with Gasteiger partial charge in [0.25, 0.3) is 0 Å². The monoisotopic (exact) mass is 285 g/mol. The van der Waals surface area contributed by atoms with Crippen molar-refractivity contribution >= 4 is 5.69 Å². The highest BCUT2D eigenvalue weighted by atomic mass is 19.4. The number of nitrogens with one attached hydrogen (secondary N) is 1. The fourth-order valence-electron chi connectivity index (χ4n) is 1.65. The molecule has 7 heteroatoms. The number of nitrogens with zero attached hydrogens (tertiary/aromatic N) is 2. The maximum atomic E-state index is 13.6. The Morgan fingerprint density at radius 3 is 2.55 bits per heavy atom. The van der Waals surface area contributed by atoms with Gasteiger partial charge in [-0.25, -0.2) is 4.39 Å². The second-order valence-electron chi connectivity index (χ2n) is 4.19. The summed E-state index contributed by atoms with van der Waals surface area (Å²) >= 11 is 0. The zero-order valence-electron chi connectivity index (χ0n) is 10.4. The molecule has 0 amide bonds. The Morgan fingerprint density at radius 2 is 1.95 bits per heavy atom. The van der Waals surface area contributed by atoms with Crippen LogP contribution in [0.4, 0.5) is 23.2 Å². The number of anilines is 1. The van der Waals surface area contributed by atoms with Gasteiger partial charge in [0.15, 0.2) is 0 Å². The molecule has 0 fully saturated rings. The third kappa shape index (κ3) is 3.23. The minimum absolute atomic E-state index is 0.224. The molecule has 0 saturated carbocycles. The van der Waals surface area contributed by atoms with Gasteiger partial charge in [0.05, 0.1) is 29.2 Å². The fourth-order valence-corrected chi connectivity index (χ4v) is 1.65. The number of halogens is 4. The molecule has 0 aliphatic rings. The molecule has 0 spiro atoms. The minimum Gasteiger partial charge on any atom is -0.375 e. The molecule has 106 valence electrons. The Kier molecular flexibility index (Phi) is 3.87. The Hall–Kier alpha value is -2.18. The molecule has 0 aliphatic heterocycles. The Bertz CT molecular complexity index is 584. The molecule has 2 aromatic rings. The van der Waals surface area contributed by atoms with Crippen LogP contribution in [0.15, 0.2) is 36.8 Å². The van der Waals surface area contributed by atoms with Crippen molar-refractivity contribution in [3.63, 3.8) is 0 Å². The van der Waals surface area contributed by atoms with E-state index in [4.69, 9.17) is 0 Å². The zero-order valence-corrected chi connectivity index (χ0v) is 10.4. The first-order chi connectivity index (χ1) is 9.38. The Balaban J connectivity index is 2.25. The summed E-state index contributed by atoms with van der Waals surface area (Å²) in [5.41, 5.74) is -0.630. The van der Waals surface area contributed by atoms with Crippen molar-refractivity contribution in [2.45, 2.75) is 19.1 Å². The molecular formula is C13H11F4N3. The molecule has 0 radical (unpaired) electrons. The predicted molar refractivity (Wildman–Crippen MR) is 65.5 cm³/mol. The Morgan fingerprint density at radius 1 is 1.20 bits per heavy atom. The average Bonchev–Trinajstić information content (AvgIpc) is 2.41. The van der Waals surface area contributed by atoms with E-state index in [-0.39, 0.29) is 5.69 Å². The van der Waals surface area contributed by atoms with E-state index in [1.54, 1.807) is 6.92 Å². The molecule has 3 nitrogen and oxygen atoms in total. The van der Waals surface area contributed by atoms with Crippen LogP contribution >= 0.6 is 0 Å². The summed E-state index contributed by atoms with van der Waals surface area (Å²) in [6.07, 6.45) is -0.125. The SMILES string of the molecule is CC(Nc1cc(C(F)(F)F)ccc1F)c1cnccn1. The normalized spacial score (nSPS) is 13.1. The number of benzene rings is 1. The smallest absolute Gasteiger partial charge is 0.375 e. The lowest BCUT2D eigenvalue weighted by atomic mass is 10.1. The van der Waals surface area contributed by atoms with Crippen molar-refractivity contribution in [3.05, 3.63) is 53.9 Å². The van der Waals surface area contributed by atoms with Gasteiger partial charge in [-0.05, 0) is 25.1 Å². The number of aromatic nitrogens is 2. The lowest BCUT2D eigenvalue weighted by molar-refractivity contribution is -0.137. The quantitative estimate of drug-likeness (QED) is 0.871. The highest BCUT2D eigenvalue weighted by Gasteiger charge is 2.31. The summed E-state index contributed by atoms with van der Waals surface area (Å²) in [7, 11) is 0. The lowest BCUT2D eigenvalue weighted by Gasteiger charge is -2.16. The van der Waals surface area contributed by atoms with E-state index in [2.05, 4.69) is 15.3 Å². The largest absolute Gasteiger partial charge is 0.416 e. The van der Waals surface area contributed by atoms with Crippen LogP contribution in [0.5, 0.6) is 0 Å². The van der Waals surface area contributed by atoms with Crippen molar-refractivity contribution in [2.24, 2.45) is 0 Å². The van der Waals surface area contributed by atoms with Crippen molar-refractivity contribution in [2.75, 3.05) is 5.32 Å². The third-order valence-corrected chi connectivity index (χ3v) is 2.69. The van der Waals surface area contributed by atoms with E-state index in [0.717, 1.165) is 12.1 Å². The summed E-state index contributed by atoms with van der Waals surface area (Å²) in [5.74, 6) is -0.756. The molecule has 0 bridgehead atoms. The van der Waals surface area contributed by atoms with Crippen LogP contribution in [-0.2, 0) is 6.18 Å². The molecular weight excluding hydrogens is 274 g/mol. The molecule has 0 aliphatic carbocycles. The van der Waals surface area contributed by atoms with E-state index >= 15 is 0 Å². The summed E-state index contributed by atoms with van der Waals surface area (Å²) in [5, 5.41) is 2.66. The van der Waals surface area contributed by atoms with Gasteiger partial charge in [0.2, 0.25) is 0 Å². The van der Waals surface area contributed by atoms with Crippen molar-refractivity contribution in [3.8, 4) is 0 Å². The van der Waals surface area contributed by atoms with Crippen molar-refractivity contribution in [1.82, 2.24) is 9.97 Å². The zero-order chi connectivity index (χ0) is 14.8. The minimum atomic E-state index is -4.51. The Labute approximate surface area is 112 Å². The number of hydrogen-bond donors (Lipinski definition) is 1. The van der Waals surface area contributed by atoms with Gasteiger partial charge < -0.3 is 5.32 Å². The first-order valence-corrected chi connectivity index (χ1v) is 5.77. The van der Waals surface area contributed by atoms with E-state index in [9.17, 15) is 17.6 Å². The van der Waals surface area contributed by atoms with E-state index < -0.39 is 23.6 Å². The van der Waals surface area contributed by atoms with Gasteiger partial charge in [-0.2, -0.15) is 13.2 Å². The summed E-state index contributed by atoms with van der Waals surface area (Å²) in [4.78, 5) is 7.86. The number of hydrogen-bond acceptors (Lipinski definition) is 3. The van der Waals surface area contributed by atoms with Crippen LogP contribution in [0.1, 0.15) is 24.2 Å². The van der Waals surface area contributed by atoms with Crippen molar-refractivity contribution < 1.29 is 17.6 Å². The van der Waals surface area contributed by atoms with E-state index in [1.807, 2.05) is 0 Å². The first kappa shape index (κ1) is 14.2. The van der Waals surface area contributed by atoms with Crippen LogP contribution in [0.2, 0.25) is 0 Å². The maximum absolute atomic E-state index is 13.6. The summed E-state index contributed by atoms with van der Waals surface area (Å²) < 4.78 is 51.3. The van der Waals surface area contributed by atoms with E-state index in [1.165, 1.54) is 18.6 Å². The summed E-state index contributed by atoms with van der Waals surface area (Å²) in [6.45, 7) is 1.66. The molecule has 1 aromatic heterocycles. The number of alkyl halides is 3. The highest BCUT2D eigenvalue weighted by molar-refractivity contribution is 5.49. The van der Waals surface area contributed by atoms with Crippen LogP contribution in [0, 0.1) is 5.82 Å². The van der Waals surface area contributed by atoms with Gasteiger partial charge >= 0.3 is 6.18 Å². The van der Waals surface area contributed by atoms with Gasteiger partial charge in [0.1, 0.15) is 5.82 Å². The molecule has 1 heterocycles. The molecule has 0 saturated heterocycles. The van der Waals surface area contributed by atoms with Gasteiger partial charge in [0, 0.05) is 12.4 Å². The van der Waals surface area contributed by atoms with Gasteiger partial charge in [-0.3, -0.25) is 9.97 Å². The standard InChI is InChI=1S/C13H11F4N3/c1-8(12-7-18-4-5-19-12)20-11-6-9(13(15,16)17)2-3-10(11)14/h2-8,20H,1H3. The molecule has 1 atom stereocenters.